The number of aliphatic imine (C=N–C) groups is 1. The fourth-order valence-electron chi connectivity index (χ4n) is 2.94. The molecule has 0 aromatic carbocycles. The van der Waals surface area contributed by atoms with Crippen LogP contribution in [0.5, 0.6) is 0 Å². The van der Waals surface area contributed by atoms with E-state index in [4.69, 9.17) is 4.74 Å². The maximum Gasteiger partial charge on any atom is 0.193 e. The van der Waals surface area contributed by atoms with Gasteiger partial charge in [-0.15, -0.1) is 0 Å². The summed E-state index contributed by atoms with van der Waals surface area (Å²) in [5.41, 5.74) is 0.480. The van der Waals surface area contributed by atoms with E-state index in [0.717, 1.165) is 44.7 Å². The van der Waals surface area contributed by atoms with E-state index in [0.29, 0.717) is 5.41 Å². The van der Waals surface area contributed by atoms with E-state index in [2.05, 4.69) is 29.1 Å². The number of hydrogen-bond donors (Lipinski definition) is 1. The summed E-state index contributed by atoms with van der Waals surface area (Å²) in [6.45, 7) is 9.49. The number of nitrogens with zero attached hydrogens (tertiary/aromatic N) is 2. The van der Waals surface area contributed by atoms with E-state index >= 15 is 0 Å². The summed E-state index contributed by atoms with van der Waals surface area (Å²) in [4.78, 5) is 6.88. The second-order valence-electron chi connectivity index (χ2n) is 6.52. The van der Waals surface area contributed by atoms with Crippen molar-refractivity contribution in [2.75, 3.05) is 39.9 Å². The topological polar surface area (TPSA) is 36.9 Å². The summed E-state index contributed by atoms with van der Waals surface area (Å²) >= 11 is 0. The largest absolute Gasteiger partial charge is 0.382 e. The van der Waals surface area contributed by atoms with Crippen molar-refractivity contribution in [2.45, 2.75) is 46.0 Å². The van der Waals surface area contributed by atoms with Gasteiger partial charge >= 0.3 is 0 Å². The zero-order valence-electron chi connectivity index (χ0n) is 13.5. The molecule has 0 bridgehead atoms. The van der Waals surface area contributed by atoms with Crippen molar-refractivity contribution < 1.29 is 4.74 Å². The molecule has 0 aromatic rings. The maximum atomic E-state index is 5.50. The molecule has 2 fully saturated rings. The van der Waals surface area contributed by atoms with E-state index in [1.54, 1.807) is 0 Å². The van der Waals surface area contributed by atoms with Gasteiger partial charge in [-0.05, 0) is 50.4 Å². The molecule has 0 spiro atoms. The number of likely N-dealkylation sites (tertiary alicyclic amines) is 1. The highest BCUT2D eigenvalue weighted by Crippen LogP contribution is 2.48. The van der Waals surface area contributed by atoms with Crippen LogP contribution in [0, 0.1) is 11.3 Å². The van der Waals surface area contributed by atoms with Gasteiger partial charge in [0.05, 0.1) is 0 Å². The Bertz CT molecular complexity index is 318. The van der Waals surface area contributed by atoms with Crippen molar-refractivity contribution in [1.82, 2.24) is 10.2 Å². The van der Waals surface area contributed by atoms with Gasteiger partial charge in [-0.3, -0.25) is 4.99 Å². The Balaban J connectivity index is 1.74. The maximum absolute atomic E-state index is 5.50. The Labute approximate surface area is 124 Å². The third-order valence-electron chi connectivity index (χ3n) is 4.85. The lowest BCUT2D eigenvalue weighted by Gasteiger charge is -2.33. The van der Waals surface area contributed by atoms with Gasteiger partial charge in [0, 0.05) is 39.9 Å². The first-order valence-electron chi connectivity index (χ1n) is 8.22. The number of hydrogen-bond acceptors (Lipinski definition) is 2. The van der Waals surface area contributed by atoms with Crippen molar-refractivity contribution in [1.29, 1.82) is 0 Å². The molecule has 0 atom stereocenters. The van der Waals surface area contributed by atoms with Crippen molar-refractivity contribution >= 4 is 5.96 Å². The average molecular weight is 281 g/mol. The molecule has 0 amide bonds. The van der Waals surface area contributed by atoms with Crippen LogP contribution in [-0.4, -0.2) is 50.8 Å². The minimum absolute atomic E-state index is 0.480. The van der Waals surface area contributed by atoms with Crippen LogP contribution in [0.15, 0.2) is 4.99 Å². The van der Waals surface area contributed by atoms with E-state index in [1.807, 2.05) is 7.05 Å². The second kappa shape index (κ2) is 7.30. The van der Waals surface area contributed by atoms with E-state index in [9.17, 15) is 0 Å². The highest BCUT2D eigenvalue weighted by atomic mass is 16.5. The minimum atomic E-state index is 0.480. The van der Waals surface area contributed by atoms with Gasteiger partial charge in [0.25, 0.3) is 0 Å². The second-order valence-corrected chi connectivity index (χ2v) is 6.52. The summed E-state index contributed by atoms with van der Waals surface area (Å²) in [7, 11) is 1.90. The molecule has 1 saturated carbocycles. The number of nitrogens with one attached hydrogen (secondary N) is 1. The van der Waals surface area contributed by atoms with Crippen LogP contribution >= 0.6 is 0 Å². The molecule has 0 unspecified atom stereocenters. The quantitative estimate of drug-likeness (QED) is 0.462. The van der Waals surface area contributed by atoms with Crippen LogP contribution in [0.25, 0.3) is 0 Å². The van der Waals surface area contributed by atoms with Gasteiger partial charge in [0.1, 0.15) is 0 Å². The smallest absolute Gasteiger partial charge is 0.193 e. The Morgan fingerprint density at radius 1 is 1.35 bits per heavy atom. The van der Waals surface area contributed by atoms with Crippen LogP contribution < -0.4 is 5.32 Å². The lowest BCUT2D eigenvalue weighted by molar-refractivity contribution is 0.128. The molecule has 2 rings (SSSR count). The first-order chi connectivity index (χ1) is 9.69. The number of guanidine groups is 1. The summed E-state index contributed by atoms with van der Waals surface area (Å²) in [6.07, 6.45) is 6.43. The molecule has 1 aliphatic heterocycles. The summed E-state index contributed by atoms with van der Waals surface area (Å²) in [6, 6.07) is 0. The fourth-order valence-corrected chi connectivity index (χ4v) is 2.94. The summed E-state index contributed by atoms with van der Waals surface area (Å²) < 4.78 is 5.50. The number of rotatable bonds is 6. The van der Waals surface area contributed by atoms with Gasteiger partial charge in [0.15, 0.2) is 5.96 Å². The molecule has 0 aromatic heterocycles. The van der Waals surface area contributed by atoms with Crippen molar-refractivity contribution in [3.8, 4) is 0 Å². The Kier molecular flexibility index (Phi) is 5.70. The van der Waals surface area contributed by atoms with Crippen molar-refractivity contribution in [3.63, 3.8) is 0 Å². The van der Waals surface area contributed by atoms with Gasteiger partial charge < -0.3 is 15.0 Å². The third kappa shape index (κ3) is 4.37. The van der Waals surface area contributed by atoms with E-state index in [1.165, 1.54) is 32.1 Å². The Hall–Kier alpha value is -0.770. The van der Waals surface area contributed by atoms with Crippen molar-refractivity contribution in [3.05, 3.63) is 0 Å². The first-order valence-corrected chi connectivity index (χ1v) is 8.22. The molecule has 1 aliphatic carbocycles. The van der Waals surface area contributed by atoms with Gasteiger partial charge in [0.2, 0.25) is 0 Å². The zero-order chi connectivity index (χ0) is 14.4. The monoisotopic (exact) mass is 281 g/mol. The lowest BCUT2D eigenvalue weighted by atomic mass is 9.99. The fraction of sp³-hybridized carbons (Fsp3) is 0.938. The molecule has 116 valence electrons. The predicted octanol–water partition coefficient (Wildman–Crippen LogP) is 2.50. The molecule has 1 saturated heterocycles. The highest BCUT2D eigenvalue weighted by Gasteiger charge is 2.42. The first kappa shape index (κ1) is 15.6. The average Bonchev–Trinajstić information content (AvgIpc) is 3.22. The molecule has 1 heterocycles. The SMILES string of the molecule is CCOCCC1(CNC(=NC)N2CCC(C)CC2)CC1. The molecular formula is C16H31N3O. The van der Waals surface area contributed by atoms with Crippen LogP contribution in [-0.2, 0) is 4.74 Å². The van der Waals surface area contributed by atoms with Crippen molar-refractivity contribution in [2.24, 2.45) is 16.3 Å². The predicted molar refractivity (Wildman–Crippen MR) is 84.1 cm³/mol. The van der Waals surface area contributed by atoms with Gasteiger partial charge in [-0.2, -0.15) is 0 Å². The number of piperidine rings is 1. The van der Waals surface area contributed by atoms with Crippen LogP contribution in [0.1, 0.15) is 46.0 Å². The molecule has 2 aliphatic rings. The number of ether oxygens (including phenoxy) is 1. The van der Waals surface area contributed by atoms with Gasteiger partial charge in [-0.25, -0.2) is 0 Å². The van der Waals surface area contributed by atoms with E-state index in [-0.39, 0.29) is 0 Å². The minimum Gasteiger partial charge on any atom is -0.382 e. The Morgan fingerprint density at radius 3 is 2.60 bits per heavy atom. The zero-order valence-corrected chi connectivity index (χ0v) is 13.5. The molecular weight excluding hydrogens is 250 g/mol. The molecule has 1 N–H and O–H groups in total. The summed E-state index contributed by atoms with van der Waals surface area (Å²) in [5.74, 6) is 1.96. The van der Waals surface area contributed by atoms with Crippen LogP contribution in [0.4, 0.5) is 0 Å². The lowest BCUT2D eigenvalue weighted by Crippen LogP contribution is -2.46. The molecule has 0 radical (unpaired) electrons. The van der Waals surface area contributed by atoms with Gasteiger partial charge in [-0.1, -0.05) is 6.92 Å². The standard InChI is InChI=1S/C16H31N3O/c1-4-20-12-9-16(7-8-16)13-18-15(17-3)19-10-5-14(2)6-11-19/h14H,4-13H2,1-3H3,(H,17,18). The third-order valence-corrected chi connectivity index (χ3v) is 4.85. The molecule has 4 heteroatoms. The highest BCUT2D eigenvalue weighted by molar-refractivity contribution is 5.80. The molecule has 4 nitrogen and oxygen atoms in total. The Morgan fingerprint density at radius 2 is 2.05 bits per heavy atom. The van der Waals surface area contributed by atoms with Crippen LogP contribution in [0.2, 0.25) is 0 Å². The summed E-state index contributed by atoms with van der Waals surface area (Å²) in [5, 5.41) is 3.60. The van der Waals surface area contributed by atoms with Crippen LogP contribution in [0.3, 0.4) is 0 Å². The molecule has 20 heavy (non-hydrogen) atoms. The van der Waals surface area contributed by atoms with E-state index < -0.39 is 0 Å². The normalized spacial score (nSPS) is 22.9.